The van der Waals surface area contributed by atoms with E-state index in [1.165, 1.54) is 12.3 Å². The lowest BCUT2D eigenvalue weighted by atomic mass is 9.90. The van der Waals surface area contributed by atoms with Gasteiger partial charge in [-0.1, -0.05) is 11.6 Å². The molecule has 32 heavy (non-hydrogen) atoms. The molecule has 2 amide bonds. The number of pyridine rings is 2. The Morgan fingerprint density at radius 1 is 1.09 bits per heavy atom. The molecule has 1 saturated carbocycles. The van der Waals surface area contributed by atoms with Gasteiger partial charge in [-0.2, -0.15) is 4.39 Å². The second-order valence-corrected chi connectivity index (χ2v) is 8.60. The van der Waals surface area contributed by atoms with Gasteiger partial charge < -0.3 is 10.2 Å². The molecule has 1 aliphatic rings. The summed E-state index contributed by atoms with van der Waals surface area (Å²) in [6, 6.07) is 8.92. The third-order valence-electron chi connectivity index (χ3n) is 6.20. The molecule has 1 aromatic carbocycles. The Bertz CT molecular complexity index is 1180. The van der Waals surface area contributed by atoms with Gasteiger partial charge in [0, 0.05) is 42.5 Å². The number of carbonyl (C=O) groups excluding carboxylic acids is 2. The van der Waals surface area contributed by atoms with E-state index in [1.807, 2.05) is 25.1 Å². The van der Waals surface area contributed by atoms with Gasteiger partial charge in [0.25, 0.3) is 11.8 Å². The predicted octanol–water partition coefficient (Wildman–Crippen LogP) is 4.54. The van der Waals surface area contributed by atoms with Crippen LogP contribution in [0.25, 0.3) is 10.9 Å². The SMILES string of the molecule is Cc1ccnc2ccc(C(=O)NC3CCC(N(C)C(=O)c4ccnc(F)c4Cl)CC3)cc12. The van der Waals surface area contributed by atoms with Crippen molar-refractivity contribution in [2.45, 2.75) is 44.7 Å². The molecule has 3 aromatic rings. The normalized spacial score (nSPS) is 18.4. The van der Waals surface area contributed by atoms with Crippen LogP contribution in [-0.2, 0) is 0 Å². The smallest absolute Gasteiger partial charge is 0.255 e. The summed E-state index contributed by atoms with van der Waals surface area (Å²) in [7, 11) is 1.70. The van der Waals surface area contributed by atoms with E-state index in [-0.39, 0.29) is 34.5 Å². The lowest BCUT2D eigenvalue weighted by Gasteiger charge is -2.35. The molecule has 2 heterocycles. The summed E-state index contributed by atoms with van der Waals surface area (Å²) in [5.74, 6) is -1.29. The fraction of sp³-hybridized carbons (Fsp3) is 0.333. The third-order valence-corrected chi connectivity index (χ3v) is 6.56. The zero-order valence-corrected chi connectivity index (χ0v) is 18.7. The molecule has 0 atom stereocenters. The molecule has 0 bridgehead atoms. The number of benzene rings is 1. The fourth-order valence-corrected chi connectivity index (χ4v) is 4.43. The standard InChI is InChI=1S/C24H24ClFN4O2/c1-14-9-11-27-20-8-3-15(13-19(14)20)23(31)29-16-4-6-17(7-5-16)30(2)24(32)18-10-12-28-22(26)21(18)25/h3,8-13,16-17H,4-7H2,1-2H3,(H,29,31). The van der Waals surface area contributed by atoms with Crippen molar-refractivity contribution < 1.29 is 14.0 Å². The number of aryl methyl sites for hydroxylation is 1. The van der Waals surface area contributed by atoms with E-state index < -0.39 is 5.95 Å². The predicted molar refractivity (Wildman–Crippen MR) is 121 cm³/mol. The molecule has 166 valence electrons. The Balaban J connectivity index is 1.36. The minimum absolute atomic E-state index is 0.00246. The van der Waals surface area contributed by atoms with Gasteiger partial charge in [-0.15, -0.1) is 0 Å². The molecule has 4 rings (SSSR count). The van der Waals surface area contributed by atoms with Crippen LogP contribution in [0.2, 0.25) is 5.02 Å². The van der Waals surface area contributed by atoms with Crippen LogP contribution in [0.4, 0.5) is 4.39 Å². The molecule has 2 aromatic heterocycles. The van der Waals surface area contributed by atoms with E-state index in [4.69, 9.17) is 11.6 Å². The number of aromatic nitrogens is 2. The molecule has 1 fully saturated rings. The Morgan fingerprint density at radius 3 is 2.56 bits per heavy atom. The second kappa shape index (κ2) is 9.20. The lowest BCUT2D eigenvalue weighted by Crippen LogP contribution is -2.44. The summed E-state index contributed by atoms with van der Waals surface area (Å²) in [6.45, 7) is 2.00. The molecular weight excluding hydrogens is 431 g/mol. The second-order valence-electron chi connectivity index (χ2n) is 8.22. The highest BCUT2D eigenvalue weighted by molar-refractivity contribution is 6.33. The van der Waals surface area contributed by atoms with Gasteiger partial charge in [0.05, 0.1) is 11.1 Å². The van der Waals surface area contributed by atoms with Crippen LogP contribution in [0, 0.1) is 12.9 Å². The molecule has 6 nitrogen and oxygen atoms in total. The molecule has 8 heteroatoms. The number of nitrogens with zero attached hydrogens (tertiary/aromatic N) is 3. The highest BCUT2D eigenvalue weighted by Crippen LogP contribution is 2.26. The Kier molecular flexibility index (Phi) is 6.37. The Morgan fingerprint density at radius 2 is 1.81 bits per heavy atom. The van der Waals surface area contributed by atoms with Gasteiger partial charge in [0.1, 0.15) is 5.02 Å². The van der Waals surface area contributed by atoms with E-state index in [0.29, 0.717) is 5.56 Å². The summed E-state index contributed by atoms with van der Waals surface area (Å²) in [5.41, 5.74) is 2.66. The monoisotopic (exact) mass is 454 g/mol. The van der Waals surface area contributed by atoms with Gasteiger partial charge in [-0.05, 0) is 68.5 Å². The van der Waals surface area contributed by atoms with Crippen molar-refractivity contribution in [2.24, 2.45) is 0 Å². The van der Waals surface area contributed by atoms with Crippen LogP contribution in [0.1, 0.15) is 52.0 Å². The number of hydrogen-bond acceptors (Lipinski definition) is 4. The van der Waals surface area contributed by atoms with Crippen molar-refractivity contribution in [3.05, 3.63) is 70.4 Å². The van der Waals surface area contributed by atoms with Gasteiger partial charge in [0.2, 0.25) is 5.95 Å². The number of amides is 2. The van der Waals surface area contributed by atoms with Crippen molar-refractivity contribution in [1.82, 2.24) is 20.2 Å². The first-order valence-corrected chi connectivity index (χ1v) is 11.0. The number of carbonyl (C=O) groups is 2. The molecule has 0 unspecified atom stereocenters. The number of rotatable bonds is 4. The largest absolute Gasteiger partial charge is 0.349 e. The van der Waals surface area contributed by atoms with Gasteiger partial charge >= 0.3 is 0 Å². The van der Waals surface area contributed by atoms with E-state index in [1.54, 1.807) is 24.2 Å². The van der Waals surface area contributed by atoms with Crippen molar-refractivity contribution in [2.75, 3.05) is 7.05 Å². The summed E-state index contributed by atoms with van der Waals surface area (Å²) in [5, 5.41) is 3.82. The van der Waals surface area contributed by atoms with Crippen LogP contribution in [0.15, 0.2) is 42.7 Å². The van der Waals surface area contributed by atoms with E-state index in [0.717, 1.165) is 42.1 Å². The molecular formula is C24H24ClFN4O2. The van der Waals surface area contributed by atoms with Crippen molar-refractivity contribution in [3.8, 4) is 0 Å². The minimum Gasteiger partial charge on any atom is -0.349 e. The number of hydrogen-bond donors (Lipinski definition) is 1. The summed E-state index contributed by atoms with van der Waals surface area (Å²) >= 11 is 5.92. The molecule has 1 N–H and O–H groups in total. The van der Waals surface area contributed by atoms with Crippen LogP contribution >= 0.6 is 11.6 Å². The molecule has 0 spiro atoms. The van der Waals surface area contributed by atoms with Crippen LogP contribution in [-0.4, -0.2) is 45.8 Å². The fourth-order valence-electron chi connectivity index (χ4n) is 4.24. The maximum absolute atomic E-state index is 13.6. The van der Waals surface area contributed by atoms with Crippen molar-refractivity contribution in [3.63, 3.8) is 0 Å². The minimum atomic E-state index is -0.850. The average molecular weight is 455 g/mol. The van der Waals surface area contributed by atoms with Crippen LogP contribution in [0.3, 0.4) is 0 Å². The Labute approximate surface area is 190 Å². The lowest BCUT2D eigenvalue weighted by molar-refractivity contribution is 0.0675. The highest BCUT2D eigenvalue weighted by Gasteiger charge is 2.29. The first kappa shape index (κ1) is 22.1. The first-order valence-electron chi connectivity index (χ1n) is 10.6. The molecule has 0 saturated heterocycles. The van der Waals surface area contributed by atoms with Crippen molar-refractivity contribution >= 4 is 34.3 Å². The van der Waals surface area contributed by atoms with Gasteiger partial charge in [-0.3, -0.25) is 14.6 Å². The zero-order valence-electron chi connectivity index (χ0n) is 17.9. The first-order chi connectivity index (χ1) is 15.3. The van der Waals surface area contributed by atoms with E-state index in [2.05, 4.69) is 15.3 Å². The van der Waals surface area contributed by atoms with E-state index >= 15 is 0 Å². The number of halogens is 2. The maximum Gasteiger partial charge on any atom is 0.255 e. The van der Waals surface area contributed by atoms with E-state index in [9.17, 15) is 14.0 Å². The van der Waals surface area contributed by atoms with Gasteiger partial charge in [0.15, 0.2) is 0 Å². The number of fused-ring (bicyclic) bond motifs is 1. The quantitative estimate of drug-likeness (QED) is 0.587. The van der Waals surface area contributed by atoms with Crippen molar-refractivity contribution in [1.29, 1.82) is 0 Å². The van der Waals surface area contributed by atoms with Gasteiger partial charge in [-0.25, -0.2) is 4.98 Å². The van der Waals surface area contributed by atoms with Crippen LogP contribution < -0.4 is 5.32 Å². The molecule has 0 radical (unpaired) electrons. The zero-order chi connectivity index (χ0) is 22.8. The highest BCUT2D eigenvalue weighted by atomic mass is 35.5. The maximum atomic E-state index is 13.6. The molecule has 1 aliphatic carbocycles. The Hall–Kier alpha value is -3.06. The summed E-state index contributed by atoms with van der Waals surface area (Å²) < 4.78 is 13.6. The average Bonchev–Trinajstić information content (AvgIpc) is 2.80. The topological polar surface area (TPSA) is 75.2 Å². The third kappa shape index (κ3) is 4.43. The molecule has 0 aliphatic heterocycles. The summed E-state index contributed by atoms with van der Waals surface area (Å²) in [4.78, 5) is 35.0. The van der Waals surface area contributed by atoms with Crippen LogP contribution in [0.5, 0.6) is 0 Å². The summed E-state index contributed by atoms with van der Waals surface area (Å²) in [6.07, 6.45) is 5.97. The number of nitrogens with one attached hydrogen (secondary N) is 1.